The third-order valence-electron chi connectivity index (χ3n) is 3.73. The molecule has 118 valence electrons. The zero-order valence-electron chi connectivity index (χ0n) is 14.2. The number of rotatable bonds is 8. The standard InChI is InChI=1S/C18H30N2O/c1-6-8-9-12-20(14(3)4)18(21)16-10-11-17(19-7-2)15(5)13-16/h10-11,13-14,19H,6-9,12H2,1-5H3. The van der Waals surface area contributed by atoms with Crippen LogP contribution in [0.3, 0.4) is 0 Å². The van der Waals surface area contributed by atoms with Crippen LogP contribution in [0, 0.1) is 6.92 Å². The van der Waals surface area contributed by atoms with E-state index in [4.69, 9.17) is 0 Å². The van der Waals surface area contributed by atoms with Crippen LogP contribution in [0.5, 0.6) is 0 Å². The number of unbranched alkanes of at least 4 members (excludes halogenated alkanes) is 2. The summed E-state index contributed by atoms with van der Waals surface area (Å²) in [5.41, 5.74) is 3.02. The minimum Gasteiger partial charge on any atom is -0.385 e. The van der Waals surface area contributed by atoms with Crippen molar-refractivity contribution in [1.82, 2.24) is 4.90 Å². The summed E-state index contributed by atoms with van der Waals surface area (Å²) in [5, 5.41) is 3.31. The molecule has 0 aromatic heterocycles. The first-order valence-corrected chi connectivity index (χ1v) is 8.16. The Hall–Kier alpha value is -1.51. The van der Waals surface area contributed by atoms with Gasteiger partial charge < -0.3 is 10.2 Å². The van der Waals surface area contributed by atoms with Gasteiger partial charge in [0.1, 0.15) is 0 Å². The maximum Gasteiger partial charge on any atom is 0.254 e. The number of carbonyl (C=O) groups excluding carboxylic acids is 1. The topological polar surface area (TPSA) is 32.3 Å². The molecule has 0 bridgehead atoms. The molecule has 1 rings (SSSR count). The van der Waals surface area contributed by atoms with Crippen LogP contribution in [0.25, 0.3) is 0 Å². The van der Waals surface area contributed by atoms with Crippen molar-refractivity contribution in [2.24, 2.45) is 0 Å². The van der Waals surface area contributed by atoms with E-state index in [1.165, 1.54) is 12.8 Å². The van der Waals surface area contributed by atoms with Gasteiger partial charge in [0.25, 0.3) is 5.91 Å². The van der Waals surface area contributed by atoms with Gasteiger partial charge in [-0.3, -0.25) is 4.79 Å². The number of aryl methyl sites for hydroxylation is 1. The van der Waals surface area contributed by atoms with Crippen LogP contribution in [0.4, 0.5) is 5.69 Å². The van der Waals surface area contributed by atoms with Crippen molar-refractivity contribution in [3.05, 3.63) is 29.3 Å². The van der Waals surface area contributed by atoms with Gasteiger partial charge in [0, 0.05) is 30.4 Å². The number of carbonyl (C=O) groups is 1. The molecule has 0 unspecified atom stereocenters. The average Bonchev–Trinajstić information content (AvgIpc) is 2.45. The Bertz CT molecular complexity index is 455. The minimum absolute atomic E-state index is 0.146. The van der Waals surface area contributed by atoms with Crippen molar-refractivity contribution in [3.63, 3.8) is 0 Å². The lowest BCUT2D eigenvalue weighted by molar-refractivity contribution is 0.0702. The molecule has 21 heavy (non-hydrogen) atoms. The summed E-state index contributed by atoms with van der Waals surface area (Å²) in [5.74, 6) is 0.146. The summed E-state index contributed by atoms with van der Waals surface area (Å²) in [7, 11) is 0. The van der Waals surface area contributed by atoms with Crippen LogP contribution in [-0.2, 0) is 0 Å². The average molecular weight is 290 g/mol. The van der Waals surface area contributed by atoms with E-state index >= 15 is 0 Å². The van der Waals surface area contributed by atoms with Crippen LogP contribution >= 0.6 is 0 Å². The summed E-state index contributed by atoms with van der Waals surface area (Å²) >= 11 is 0. The van der Waals surface area contributed by atoms with E-state index in [0.29, 0.717) is 0 Å². The quantitative estimate of drug-likeness (QED) is 0.717. The molecule has 3 nitrogen and oxygen atoms in total. The third-order valence-corrected chi connectivity index (χ3v) is 3.73. The van der Waals surface area contributed by atoms with E-state index in [1.807, 2.05) is 30.0 Å². The van der Waals surface area contributed by atoms with Gasteiger partial charge in [0.2, 0.25) is 0 Å². The molecule has 0 aliphatic rings. The smallest absolute Gasteiger partial charge is 0.254 e. The zero-order valence-corrected chi connectivity index (χ0v) is 14.2. The molecule has 1 N–H and O–H groups in total. The molecule has 3 heteroatoms. The van der Waals surface area contributed by atoms with Crippen molar-refractivity contribution in [1.29, 1.82) is 0 Å². The molecule has 0 radical (unpaired) electrons. The van der Waals surface area contributed by atoms with Crippen molar-refractivity contribution in [2.75, 3.05) is 18.4 Å². The third kappa shape index (κ3) is 5.07. The van der Waals surface area contributed by atoms with Gasteiger partial charge in [0.05, 0.1) is 0 Å². The Balaban J connectivity index is 2.85. The van der Waals surface area contributed by atoms with Crippen molar-refractivity contribution in [3.8, 4) is 0 Å². The first kappa shape index (κ1) is 17.5. The Morgan fingerprint density at radius 2 is 1.95 bits per heavy atom. The molecule has 0 aliphatic carbocycles. The summed E-state index contributed by atoms with van der Waals surface area (Å²) in [4.78, 5) is 14.7. The molecule has 1 aromatic carbocycles. The van der Waals surface area contributed by atoms with Gasteiger partial charge in [-0.25, -0.2) is 0 Å². The summed E-state index contributed by atoms with van der Waals surface area (Å²) in [6.07, 6.45) is 3.43. The second-order valence-corrected chi connectivity index (χ2v) is 5.86. The highest BCUT2D eigenvalue weighted by atomic mass is 16.2. The molecule has 0 spiro atoms. The fraction of sp³-hybridized carbons (Fsp3) is 0.611. The first-order chi connectivity index (χ1) is 10.0. The Kier molecular flexibility index (Phi) is 7.27. The molecule has 0 heterocycles. The van der Waals surface area contributed by atoms with Crippen molar-refractivity contribution < 1.29 is 4.79 Å². The van der Waals surface area contributed by atoms with Crippen LogP contribution in [-0.4, -0.2) is 29.9 Å². The van der Waals surface area contributed by atoms with Crippen LogP contribution < -0.4 is 5.32 Å². The molecule has 0 fully saturated rings. The monoisotopic (exact) mass is 290 g/mol. The largest absolute Gasteiger partial charge is 0.385 e. The minimum atomic E-state index is 0.146. The van der Waals surface area contributed by atoms with E-state index in [2.05, 4.69) is 33.0 Å². The molecular weight excluding hydrogens is 260 g/mol. The molecular formula is C18H30N2O. The van der Waals surface area contributed by atoms with Gasteiger partial charge in [-0.05, 0) is 57.9 Å². The van der Waals surface area contributed by atoms with Gasteiger partial charge >= 0.3 is 0 Å². The van der Waals surface area contributed by atoms with Crippen molar-refractivity contribution in [2.45, 2.75) is 59.9 Å². The van der Waals surface area contributed by atoms with E-state index in [1.54, 1.807) is 0 Å². The second kappa shape index (κ2) is 8.71. The Labute approximate surface area is 129 Å². The second-order valence-electron chi connectivity index (χ2n) is 5.86. The fourth-order valence-corrected chi connectivity index (χ4v) is 2.48. The summed E-state index contributed by atoms with van der Waals surface area (Å²) in [6, 6.07) is 6.18. The predicted octanol–water partition coefficient (Wildman–Crippen LogP) is 4.47. The fourth-order valence-electron chi connectivity index (χ4n) is 2.48. The number of hydrogen-bond acceptors (Lipinski definition) is 2. The van der Waals surface area contributed by atoms with Gasteiger partial charge in [-0.2, -0.15) is 0 Å². The number of benzene rings is 1. The molecule has 0 atom stereocenters. The van der Waals surface area contributed by atoms with E-state index in [0.717, 1.165) is 36.3 Å². The highest BCUT2D eigenvalue weighted by molar-refractivity contribution is 5.95. The van der Waals surface area contributed by atoms with Crippen LogP contribution in [0.15, 0.2) is 18.2 Å². The lowest BCUT2D eigenvalue weighted by Crippen LogP contribution is -2.37. The summed E-state index contributed by atoms with van der Waals surface area (Å²) in [6.45, 7) is 12.2. The normalized spacial score (nSPS) is 10.8. The maximum atomic E-state index is 12.7. The SMILES string of the molecule is CCCCCN(C(=O)c1ccc(NCC)c(C)c1)C(C)C. The zero-order chi connectivity index (χ0) is 15.8. The lowest BCUT2D eigenvalue weighted by Gasteiger charge is -2.27. The maximum absolute atomic E-state index is 12.7. The van der Waals surface area contributed by atoms with E-state index in [-0.39, 0.29) is 11.9 Å². The Morgan fingerprint density at radius 3 is 2.48 bits per heavy atom. The van der Waals surface area contributed by atoms with E-state index < -0.39 is 0 Å². The number of nitrogens with one attached hydrogen (secondary N) is 1. The van der Waals surface area contributed by atoms with E-state index in [9.17, 15) is 4.79 Å². The lowest BCUT2D eigenvalue weighted by atomic mass is 10.1. The first-order valence-electron chi connectivity index (χ1n) is 8.16. The number of nitrogens with zero attached hydrogens (tertiary/aromatic N) is 1. The highest BCUT2D eigenvalue weighted by Gasteiger charge is 2.18. The highest BCUT2D eigenvalue weighted by Crippen LogP contribution is 2.18. The molecule has 0 saturated heterocycles. The van der Waals surface area contributed by atoms with Crippen LogP contribution in [0.2, 0.25) is 0 Å². The molecule has 1 amide bonds. The predicted molar refractivity (Wildman–Crippen MR) is 91.0 cm³/mol. The molecule has 1 aromatic rings. The van der Waals surface area contributed by atoms with Gasteiger partial charge in [0.15, 0.2) is 0 Å². The summed E-state index contributed by atoms with van der Waals surface area (Å²) < 4.78 is 0. The Morgan fingerprint density at radius 1 is 1.24 bits per heavy atom. The van der Waals surface area contributed by atoms with Gasteiger partial charge in [-0.1, -0.05) is 19.8 Å². The van der Waals surface area contributed by atoms with Crippen molar-refractivity contribution >= 4 is 11.6 Å². The molecule has 0 aliphatic heterocycles. The number of hydrogen-bond donors (Lipinski definition) is 1. The number of anilines is 1. The van der Waals surface area contributed by atoms with Crippen LogP contribution in [0.1, 0.15) is 62.9 Å². The van der Waals surface area contributed by atoms with Gasteiger partial charge in [-0.15, -0.1) is 0 Å². The number of amides is 1. The molecule has 0 saturated carbocycles.